The first-order valence-electron chi connectivity index (χ1n) is 13.0. The van der Waals surface area contributed by atoms with E-state index in [0.29, 0.717) is 29.1 Å². The van der Waals surface area contributed by atoms with Gasteiger partial charge in [-0.3, -0.25) is 4.79 Å². The summed E-state index contributed by atoms with van der Waals surface area (Å²) >= 11 is 0. The number of fused-ring (bicyclic) bond motifs is 5. The maximum Gasteiger partial charge on any atom is 0.155 e. The molecule has 2 nitrogen and oxygen atoms in total. The SMILES string of the molecule is COC1CC2=CC(=O)CCC2(C)C2CCC3(C)C(C(C)CCCC(C)C)CCC3C12. The van der Waals surface area contributed by atoms with E-state index in [-0.39, 0.29) is 5.41 Å². The lowest BCUT2D eigenvalue weighted by Gasteiger charge is -2.60. The minimum Gasteiger partial charge on any atom is -0.381 e. The van der Waals surface area contributed by atoms with Gasteiger partial charge in [-0.05, 0) is 90.9 Å². The van der Waals surface area contributed by atoms with E-state index in [1.807, 2.05) is 13.2 Å². The molecule has 0 aromatic heterocycles. The van der Waals surface area contributed by atoms with Gasteiger partial charge in [-0.15, -0.1) is 0 Å². The van der Waals surface area contributed by atoms with Gasteiger partial charge < -0.3 is 4.74 Å². The van der Waals surface area contributed by atoms with Crippen LogP contribution >= 0.6 is 0 Å². The Morgan fingerprint density at radius 2 is 1.83 bits per heavy atom. The third kappa shape index (κ3) is 3.63. The first-order chi connectivity index (χ1) is 14.2. The van der Waals surface area contributed by atoms with Crippen molar-refractivity contribution < 1.29 is 9.53 Å². The summed E-state index contributed by atoms with van der Waals surface area (Å²) in [5.74, 6) is 5.07. The van der Waals surface area contributed by atoms with Crippen molar-refractivity contribution in [3.05, 3.63) is 11.6 Å². The van der Waals surface area contributed by atoms with Crippen LogP contribution in [0.1, 0.15) is 98.8 Å². The van der Waals surface area contributed by atoms with E-state index in [0.717, 1.165) is 42.9 Å². The average Bonchev–Trinajstić information content (AvgIpc) is 3.05. The minimum absolute atomic E-state index is 0.232. The van der Waals surface area contributed by atoms with Crippen molar-refractivity contribution >= 4 is 5.78 Å². The molecule has 0 aromatic carbocycles. The van der Waals surface area contributed by atoms with Gasteiger partial charge in [-0.2, -0.15) is 0 Å². The van der Waals surface area contributed by atoms with E-state index in [1.165, 1.54) is 50.5 Å². The van der Waals surface area contributed by atoms with Gasteiger partial charge in [0.1, 0.15) is 0 Å². The third-order valence-electron chi connectivity index (χ3n) is 10.5. The van der Waals surface area contributed by atoms with Crippen LogP contribution in [0.2, 0.25) is 0 Å². The number of methoxy groups -OCH3 is 1. The molecule has 0 heterocycles. The number of carbonyl (C=O) groups is 1. The van der Waals surface area contributed by atoms with Crippen LogP contribution in [0.15, 0.2) is 11.6 Å². The van der Waals surface area contributed by atoms with Gasteiger partial charge in [0.2, 0.25) is 0 Å². The number of rotatable bonds is 6. The van der Waals surface area contributed by atoms with E-state index < -0.39 is 0 Å². The Labute approximate surface area is 185 Å². The zero-order chi connectivity index (χ0) is 21.7. The molecule has 0 spiro atoms. The van der Waals surface area contributed by atoms with Crippen molar-refractivity contribution in [1.82, 2.24) is 0 Å². The van der Waals surface area contributed by atoms with Crippen LogP contribution in [0, 0.1) is 46.3 Å². The normalized spacial score (nSPS) is 44.3. The summed E-state index contributed by atoms with van der Waals surface area (Å²) < 4.78 is 6.18. The summed E-state index contributed by atoms with van der Waals surface area (Å²) in [6.07, 6.45) is 14.8. The molecule has 2 heteroatoms. The van der Waals surface area contributed by atoms with Crippen LogP contribution in [0.5, 0.6) is 0 Å². The van der Waals surface area contributed by atoms with Crippen LogP contribution in [-0.4, -0.2) is 19.0 Å². The molecule has 4 aliphatic carbocycles. The minimum atomic E-state index is 0.232. The highest BCUT2D eigenvalue weighted by molar-refractivity contribution is 5.91. The second-order valence-corrected chi connectivity index (χ2v) is 12.4. The fourth-order valence-electron chi connectivity index (χ4n) is 8.76. The van der Waals surface area contributed by atoms with Gasteiger partial charge in [0.25, 0.3) is 0 Å². The summed E-state index contributed by atoms with van der Waals surface area (Å²) in [5, 5.41) is 0. The summed E-state index contributed by atoms with van der Waals surface area (Å²) in [6.45, 7) is 12.4. The second-order valence-electron chi connectivity index (χ2n) is 12.4. The number of hydrogen-bond donors (Lipinski definition) is 0. The monoisotopic (exact) mass is 414 g/mol. The topological polar surface area (TPSA) is 26.3 Å². The highest BCUT2D eigenvalue weighted by Crippen LogP contribution is 2.68. The Morgan fingerprint density at radius 3 is 2.53 bits per heavy atom. The standard InChI is InChI=1S/C28H46O2/c1-18(2)8-7-9-19(3)22-10-11-23-26-24(13-15-28(22,23)5)27(4)14-12-21(29)16-20(27)17-25(26)30-6/h16,18-19,22-26H,7-15,17H2,1-6H3. The van der Waals surface area contributed by atoms with E-state index in [1.54, 1.807) is 0 Å². The zero-order valence-corrected chi connectivity index (χ0v) is 20.5. The molecule has 3 saturated carbocycles. The van der Waals surface area contributed by atoms with Crippen LogP contribution < -0.4 is 0 Å². The molecular weight excluding hydrogens is 368 g/mol. The molecule has 3 fully saturated rings. The zero-order valence-electron chi connectivity index (χ0n) is 20.5. The van der Waals surface area contributed by atoms with Crippen LogP contribution in [0.25, 0.3) is 0 Å². The van der Waals surface area contributed by atoms with Crippen molar-refractivity contribution in [2.75, 3.05) is 7.11 Å². The summed E-state index contributed by atoms with van der Waals surface area (Å²) in [4.78, 5) is 12.2. The van der Waals surface area contributed by atoms with Crippen molar-refractivity contribution in [3.63, 3.8) is 0 Å². The number of ether oxygens (including phenoxy) is 1. The quantitative estimate of drug-likeness (QED) is 0.458. The second kappa shape index (κ2) is 8.38. The molecule has 30 heavy (non-hydrogen) atoms. The van der Waals surface area contributed by atoms with Gasteiger partial charge >= 0.3 is 0 Å². The molecule has 0 amide bonds. The Kier molecular flexibility index (Phi) is 6.30. The maximum absolute atomic E-state index is 12.2. The molecule has 4 rings (SSSR count). The van der Waals surface area contributed by atoms with Crippen molar-refractivity contribution in [3.8, 4) is 0 Å². The molecule has 170 valence electrons. The number of carbonyl (C=O) groups excluding carboxylic acids is 1. The first kappa shape index (κ1) is 22.6. The molecule has 0 radical (unpaired) electrons. The average molecular weight is 415 g/mol. The van der Waals surface area contributed by atoms with E-state index in [4.69, 9.17) is 4.74 Å². The number of ketones is 1. The van der Waals surface area contributed by atoms with Crippen LogP contribution in [0.3, 0.4) is 0 Å². The lowest BCUT2D eigenvalue weighted by molar-refractivity contribution is -0.130. The van der Waals surface area contributed by atoms with Gasteiger partial charge in [0, 0.05) is 13.5 Å². The molecule has 8 unspecified atom stereocenters. The molecule has 0 saturated heterocycles. The van der Waals surface area contributed by atoms with E-state index in [2.05, 4.69) is 34.6 Å². The molecular formula is C28H46O2. The molecule has 0 aromatic rings. The van der Waals surface area contributed by atoms with Gasteiger partial charge in [-0.25, -0.2) is 0 Å². The summed E-state index contributed by atoms with van der Waals surface area (Å²) in [5.41, 5.74) is 2.12. The molecule has 0 aliphatic heterocycles. The van der Waals surface area contributed by atoms with Gasteiger partial charge in [0.05, 0.1) is 6.10 Å². The van der Waals surface area contributed by atoms with Crippen molar-refractivity contribution in [1.29, 1.82) is 0 Å². The fourth-order valence-corrected chi connectivity index (χ4v) is 8.76. The molecule has 0 N–H and O–H groups in total. The Hall–Kier alpha value is -0.630. The van der Waals surface area contributed by atoms with Crippen LogP contribution in [0.4, 0.5) is 0 Å². The lowest BCUT2D eigenvalue weighted by Crippen LogP contribution is -2.56. The van der Waals surface area contributed by atoms with Crippen LogP contribution in [-0.2, 0) is 9.53 Å². The third-order valence-corrected chi connectivity index (χ3v) is 10.5. The maximum atomic E-state index is 12.2. The van der Waals surface area contributed by atoms with Crippen molar-refractivity contribution in [2.45, 2.75) is 105 Å². The molecule has 8 atom stereocenters. The van der Waals surface area contributed by atoms with Gasteiger partial charge in [0.15, 0.2) is 5.78 Å². The van der Waals surface area contributed by atoms with E-state index >= 15 is 0 Å². The predicted octanol–water partition coefficient (Wildman–Crippen LogP) is 7.22. The highest BCUT2D eigenvalue weighted by Gasteiger charge is 2.61. The summed E-state index contributed by atoms with van der Waals surface area (Å²) in [6, 6.07) is 0. The molecule has 4 aliphatic rings. The smallest absolute Gasteiger partial charge is 0.155 e. The summed E-state index contributed by atoms with van der Waals surface area (Å²) in [7, 11) is 1.92. The Bertz CT molecular complexity index is 678. The van der Waals surface area contributed by atoms with Gasteiger partial charge in [-0.1, -0.05) is 59.5 Å². The Balaban J connectivity index is 1.56. The first-order valence-corrected chi connectivity index (χ1v) is 13.0. The van der Waals surface area contributed by atoms with Crippen molar-refractivity contribution in [2.24, 2.45) is 46.3 Å². The highest BCUT2D eigenvalue weighted by atomic mass is 16.5. The predicted molar refractivity (Wildman–Crippen MR) is 124 cm³/mol. The Morgan fingerprint density at radius 1 is 1.07 bits per heavy atom. The number of hydrogen-bond acceptors (Lipinski definition) is 2. The largest absolute Gasteiger partial charge is 0.381 e. The molecule has 0 bridgehead atoms. The lowest BCUT2D eigenvalue weighted by atomic mass is 9.45. The fraction of sp³-hybridized carbons (Fsp3) is 0.893. The van der Waals surface area contributed by atoms with E-state index in [9.17, 15) is 4.79 Å².